The smallest absolute Gasteiger partial charge is 0.324 e. The summed E-state index contributed by atoms with van der Waals surface area (Å²) in [5.74, 6) is 1.12. The fourth-order valence-electron chi connectivity index (χ4n) is 2.88. The van der Waals surface area contributed by atoms with Gasteiger partial charge in [0, 0.05) is 23.8 Å². The Bertz CT molecular complexity index is 1220. The highest BCUT2D eigenvalue weighted by Crippen LogP contribution is 2.26. The fraction of sp³-hybridized carbons (Fsp3) is 0. The summed E-state index contributed by atoms with van der Waals surface area (Å²) < 4.78 is 0. The number of halogens is 2. The van der Waals surface area contributed by atoms with Crippen molar-refractivity contribution in [2.24, 2.45) is 0 Å². The van der Waals surface area contributed by atoms with Crippen LogP contribution < -0.4 is 16.0 Å². The number of carbonyl (C=O) groups excluding carboxylic acids is 1. The number of nitrogens with zero attached hydrogens (tertiary/aromatic N) is 2. The zero-order valence-electron chi connectivity index (χ0n) is 16.1. The van der Waals surface area contributed by atoms with Crippen molar-refractivity contribution >= 4 is 52.2 Å². The topological polar surface area (TPSA) is 78.9 Å². The van der Waals surface area contributed by atoms with E-state index in [-0.39, 0.29) is 0 Å². The number of pyridine rings is 2. The Morgan fingerprint density at radius 3 is 2.06 bits per heavy atom. The molecule has 8 heteroatoms. The lowest BCUT2D eigenvalue weighted by atomic mass is 10.1. The molecule has 0 spiro atoms. The molecule has 4 aromatic rings. The minimum atomic E-state index is -0.441. The molecule has 0 fully saturated rings. The molecular weight excluding hydrogens is 433 g/mol. The van der Waals surface area contributed by atoms with Gasteiger partial charge in [0.1, 0.15) is 11.6 Å². The van der Waals surface area contributed by atoms with Gasteiger partial charge in [-0.25, -0.2) is 14.8 Å². The highest BCUT2D eigenvalue weighted by Gasteiger charge is 2.08. The second kappa shape index (κ2) is 9.47. The highest BCUT2D eigenvalue weighted by molar-refractivity contribution is 6.42. The third-order valence-electron chi connectivity index (χ3n) is 4.32. The van der Waals surface area contributed by atoms with Crippen molar-refractivity contribution in [2.75, 3.05) is 16.0 Å². The summed E-state index contributed by atoms with van der Waals surface area (Å²) in [5.41, 5.74) is 3.29. The third-order valence-corrected chi connectivity index (χ3v) is 5.06. The summed E-state index contributed by atoms with van der Waals surface area (Å²) in [6.07, 6.45) is 3.36. The Morgan fingerprint density at radius 1 is 0.677 bits per heavy atom. The third kappa shape index (κ3) is 5.51. The molecule has 0 saturated carbocycles. The maximum Gasteiger partial charge on any atom is 0.324 e. The van der Waals surface area contributed by atoms with E-state index in [1.54, 1.807) is 36.7 Å². The van der Waals surface area contributed by atoms with Crippen molar-refractivity contribution in [3.63, 3.8) is 0 Å². The number of aromatic nitrogens is 2. The molecule has 0 aliphatic carbocycles. The number of nitrogens with one attached hydrogen (secondary N) is 3. The Labute approximate surface area is 189 Å². The molecular formula is C23H17Cl2N5O. The molecule has 6 nitrogen and oxygen atoms in total. The number of carbonyl (C=O) groups is 1. The van der Waals surface area contributed by atoms with E-state index in [9.17, 15) is 4.79 Å². The molecule has 0 unspecified atom stereocenters. The molecule has 0 aliphatic rings. The standard InChI is InChI=1S/C23H17Cl2N5O/c24-19-7-6-18(14-20(19)25)29-23(31)30-22-13-16(9-11-27-22)15-8-10-26-21(12-15)28-17-4-2-1-3-5-17/h1-14H,(H,26,28)(H2,27,29,30,31). The quantitative estimate of drug-likeness (QED) is 0.311. The first-order valence-corrected chi connectivity index (χ1v) is 10.1. The van der Waals surface area contributed by atoms with Crippen molar-refractivity contribution in [2.45, 2.75) is 0 Å². The maximum absolute atomic E-state index is 12.3. The van der Waals surface area contributed by atoms with Gasteiger partial charge in [-0.2, -0.15) is 0 Å². The Kier molecular flexibility index (Phi) is 6.31. The molecule has 2 amide bonds. The Hall–Kier alpha value is -3.61. The van der Waals surface area contributed by atoms with Crippen LogP contribution in [0.5, 0.6) is 0 Å². The molecule has 0 aliphatic heterocycles. The zero-order chi connectivity index (χ0) is 21.6. The SMILES string of the molecule is O=C(Nc1ccc(Cl)c(Cl)c1)Nc1cc(-c2ccnc(Nc3ccccc3)c2)ccn1. The van der Waals surface area contributed by atoms with Gasteiger partial charge in [0.25, 0.3) is 0 Å². The number of rotatable bonds is 5. The normalized spacial score (nSPS) is 10.4. The minimum absolute atomic E-state index is 0.359. The Balaban J connectivity index is 1.47. The van der Waals surface area contributed by atoms with Crippen molar-refractivity contribution in [3.05, 3.63) is 95.2 Å². The van der Waals surface area contributed by atoms with Crippen LogP contribution in [-0.2, 0) is 0 Å². The fourth-order valence-corrected chi connectivity index (χ4v) is 3.18. The van der Waals surface area contributed by atoms with Crippen LogP contribution in [0, 0.1) is 0 Å². The molecule has 0 atom stereocenters. The van der Waals surface area contributed by atoms with Crippen LogP contribution in [0.4, 0.5) is 27.8 Å². The lowest BCUT2D eigenvalue weighted by Crippen LogP contribution is -2.20. The van der Waals surface area contributed by atoms with Crippen LogP contribution >= 0.6 is 23.2 Å². The van der Waals surface area contributed by atoms with Gasteiger partial charge in [-0.3, -0.25) is 5.32 Å². The van der Waals surface area contributed by atoms with Gasteiger partial charge in [-0.1, -0.05) is 41.4 Å². The Morgan fingerprint density at radius 2 is 1.35 bits per heavy atom. The molecule has 2 aromatic carbocycles. The minimum Gasteiger partial charge on any atom is -0.340 e. The molecule has 2 aromatic heterocycles. The second-order valence-electron chi connectivity index (χ2n) is 6.56. The average molecular weight is 450 g/mol. The van der Waals surface area contributed by atoms with Crippen molar-refractivity contribution in [1.29, 1.82) is 0 Å². The van der Waals surface area contributed by atoms with Crippen LogP contribution in [0.1, 0.15) is 0 Å². The van der Waals surface area contributed by atoms with E-state index < -0.39 is 6.03 Å². The van der Waals surface area contributed by atoms with Gasteiger partial charge < -0.3 is 10.6 Å². The second-order valence-corrected chi connectivity index (χ2v) is 7.37. The van der Waals surface area contributed by atoms with Gasteiger partial charge in [-0.15, -0.1) is 0 Å². The summed E-state index contributed by atoms with van der Waals surface area (Å²) >= 11 is 11.9. The summed E-state index contributed by atoms with van der Waals surface area (Å²) in [5, 5.41) is 9.47. The molecule has 2 heterocycles. The van der Waals surface area contributed by atoms with Gasteiger partial charge in [0.05, 0.1) is 10.0 Å². The first kappa shape index (κ1) is 20.7. The summed E-state index contributed by atoms with van der Waals surface area (Å²) in [6.45, 7) is 0. The molecule has 3 N–H and O–H groups in total. The maximum atomic E-state index is 12.3. The van der Waals surface area contributed by atoms with E-state index in [1.165, 1.54) is 0 Å². The predicted molar refractivity (Wildman–Crippen MR) is 126 cm³/mol. The van der Waals surface area contributed by atoms with Crippen LogP contribution in [0.25, 0.3) is 11.1 Å². The van der Waals surface area contributed by atoms with Crippen LogP contribution in [-0.4, -0.2) is 16.0 Å². The summed E-state index contributed by atoms with van der Waals surface area (Å²) in [6, 6.07) is 21.7. The number of amides is 2. The number of urea groups is 1. The van der Waals surface area contributed by atoms with Crippen LogP contribution in [0.3, 0.4) is 0 Å². The molecule has 4 rings (SSSR count). The van der Waals surface area contributed by atoms with Gasteiger partial charge in [0.15, 0.2) is 0 Å². The van der Waals surface area contributed by atoms with E-state index in [0.29, 0.717) is 27.4 Å². The van der Waals surface area contributed by atoms with Crippen LogP contribution in [0.15, 0.2) is 85.2 Å². The molecule has 31 heavy (non-hydrogen) atoms. The predicted octanol–water partition coefficient (Wildman–Crippen LogP) is 6.84. The number of hydrogen-bond donors (Lipinski definition) is 3. The lowest BCUT2D eigenvalue weighted by Gasteiger charge is -2.10. The van der Waals surface area contributed by atoms with E-state index in [1.807, 2.05) is 48.5 Å². The van der Waals surface area contributed by atoms with Crippen molar-refractivity contribution in [1.82, 2.24) is 9.97 Å². The van der Waals surface area contributed by atoms with E-state index in [0.717, 1.165) is 16.8 Å². The number of benzene rings is 2. The average Bonchev–Trinajstić information content (AvgIpc) is 2.77. The van der Waals surface area contributed by atoms with Crippen LogP contribution in [0.2, 0.25) is 10.0 Å². The van der Waals surface area contributed by atoms with Crippen molar-refractivity contribution < 1.29 is 4.79 Å². The molecule has 0 saturated heterocycles. The largest absolute Gasteiger partial charge is 0.340 e. The zero-order valence-corrected chi connectivity index (χ0v) is 17.7. The van der Waals surface area contributed by atoms with Gasteiger partial charge in [-0.05, 0) is 65.7 Å². The molecule has 0 bridgehead atoms. The van der Waals surface area contributed by atoms with E-state index >= 15 is 0 Å². The number of anilines is 4. The summed E-state index contributed by atoms with van der Waals surface area (Å²) in [7, 11) is 0. The lowest BCUT2D eigenvalue weighted by molar-refractivity contribution is 0.262. The molecule has 0 radical (unpaired) electrons. The van der Waals surface area contributed by atoms with E-state index in [4.69, 9.17) is 23.2 Å². The molecule has 154 valence electrons. The first-order valence-electron chi connectivity index (χ1n) is 9.34. The monoisotopic (exact) mass is 449 g/mol. The van der Waals surface area contributed by atoms with Gasteiger partial charge in [0.2, 0.25) is 0 Å². The highest BCUT2D eigenvalue weighted by atomic mass is 35.5. The number of para-hydroxylation sites is 1. The summed E-state index contributed by atoms with van der Waals surface area (Å²) in [4.78, 5) is 20.9. The van der Waals surface area contributed by atoms with Crippen molar-refractivity contribution in [3.8, 4) is 11.1 Å². The van der Waals surface area contributed by atoms with Gasteiger partial charge >= 0.3 is 6.03 Å². The van der Waals surface area contributed by atoms with E-state index in [2.05, 4.69) is 25.9 Å². The first-order chi connectivity index (χ1) is 15.1. The number of hydrogen-bond acceptors (Lipinski definition) is 4.